The average molecular weight is 252 g/mol. The number of hydrogen-bond acceptors (Lipinski definition) is 3. The molecule has 0 unspecified atom stereocenters. The fourth-order valence-corrected chi connectivity index (χ4v) is 2.02. The van der Waals surface area contributed by atoms with E-state index in [1.54, 1.807) is 14.2 Å². The summed E-state index contributed by atoms with van der Waals surface area (Å²) in [5.41, 5.74) is 3.17. The van der Waals surface area contributed by atoms with Crippen molar-refractivity contribution in [2.75, 3.05) is 14.2 Å². The second-order valence-electron chi connectivity index (χ2n) is 4.29. The molecule has 0 radical (unpaired) electrons. The number of carboxylic acids is 1. The van der Waals surface area contributed by atoms with Gasteiger partial charge in [0.25, 0.3) is 0 Å². The Balaban J connectivity index is 3.03. The van der Waals surface area contributed by atoms with E-state index in [1.807, 2.05) is 19.9 Å². The molecule has 0 bridgehead atoms. The van der Waals surface area contributed by atoms with Crippen molar-refractivity contribution in [1.29, 1.82) is 0 Å². The topological polar surface area (TPSA) is 55.8 Å². The van der Waals surface area contributed by atoms with E-state index in [0.717, 1.165) is 22.4 Å². The number of methoxy groups -OCH3 is 2. The molecule has 0 atom stereocenters. The summed E-state index contributed by atoms with van der Waals surface area (Å²) in [4.78, 5) is 10.5. The smallest absolute Gasteiger partial charge is 0.303 e. The van der Waals surface area contributed by atoms with Gasteiger partial charge in [-0.2, -0.15) is 0 Å². The Morgan fingerprint density at radius 2 is 1.83 bits per heavy atom. The first-order valence-electron chi connectivity index (χ1n) is 5.94. The highest BCUT2D eigenvalue weighted by molar-refractivity contribution is 5.66. The molecule has 0 heterocycles. The predicted molar refractivity (Wildman–Crippen MR) is 69.6 cm³/mol. The minimum Gasteiger partial charge on any atom is -0.493 e. The van der Waals surface area contributed by atoms with E-state index in [-0.39, 0.29) is 6.42 Å². The summed E-state index contributed by atoms with van der Waals surface area (Å²) >= 11 is 0. The molecular weight excluding hydrogens is 232 g/mol. The minimum atomic E-state index is -0.773. The molecular formula is C14H20O4. The van der Waals surface area contributed by atoms with Gasteiger partial charge in [-0.25, -0.2) is 0 Å². The SMILES string of the molecule is COc1c(CCCC(=O)O)cc(C)c(C)c1OC. The third kappa shape index (κ3) is 3.15. The fraction of sp³-hybridized carbons (Fsp3) is 0.500. The van der Waals surface area contributed by atoms with Crippen LogP contribution in [0.4, 0.5) is 0 Å². The average Bonchev–Trinajstić information content (AvgIpc) is 2.32. The van der Waals surface area contributed by atoms with Gasteiger partial charge in [-0.1, -0.05) is 6.07 Å². The monoisotopic (exact) mass is 252 g/mol. The van der Waals surface area contributed by atoms with Gasteiger partial charge < -0.3 is 14.6 Å². The molecule has 0 spiro atoms. The molecule has 4 heteroatoms. The van der Waals surface area contributed by atoms with Gasteiger partial charge in [0.15, 0.2) is 11.5 Å². The van der Waals surface area contributed by atoms with E-state index < -0.39 is 5.97 Å². The van der Waals surface area contributed by atoms with E-state index in [4.69, 9.17) is 14.6 Å². The maximum Gasteiger partial charge on any atom is 0.303 e. The first-order chi connectivity index (χ1) is 8.51. The predicted octanol–water partition coefficient (Wildman–Crippen LogP) is 2.73. The third-order valence-electron chi connectivity index (χ3n) is 3.07. The zero-order valence-corrected chi connectivity index (χ0v) is 11.4. The lowest BCUT2D eigenvalue weighted by atomic mass is 9.99. The van der Waals surface area contributed by atoms with E-state index in [1.165, 1.54) is 0 Å². The first-order valence-corrected chi connectivity index (χ1v) is 5.94. The fourth-order valence-electron chi connectivity index (χ4n) is 2.02. The van der Waals surface area contributed by atoms with E-state index >= 15 is 0 Å². The number of ether oxygens (including phenoxy) is 2. The number of carboxylic acid groups (broad SMARTS) is 1. The number of hydrogen-bond donors (Lipinski definition) is 1. The summed E-state index contributed by atoms with van der Waals surface area (Å²) in [6.07, 6.45) is 1.43. The van der Waals surface area contributed by atoms with E-state index in [2.05, 4.69) is 0 Å². The molecule has 4 nitrogen and oxygen atoms in total. The zero-order valence-electron chi connectivity index (χ0n) is 11.4. The lowest BCUT2D eigenvalue weighted by molar-refractivity contribution is -0.137. The van der Waals surface area contributed by atoms with Crippen LogP contribution in [0.3, 0.4) is 0 Å². The molecule has 1 aromatic rings. The van der Waals surface area contributed by atoms with Crippen molar-refractivity contribution < 1.29 is 19.4 Å². The van der Waals surface area contributed by atoms with Crippen molar-refractivity contribution in [3.8, 4) is 11.5 Å². The number of aliphatic carboxylic acids is 1. The van der Waals surface area contributed by atoms with Gasteiger partial charge in [0, 0.05) is 6.42 Å². The lowest BCUT2D eigenvalue weighted by Crippen LogP contribution is -2.02. The van der Waals surface area contributed by atoms with Gasteiger partial charge in [0.1, 0.15) is 0 Å². The Morgan fingerprint density at radius 1 is 1.22 bits per heavy atom. The second-order valence-corrected chi connectivity index (χ2v) is 4.29. The molecule has 1 N–H and O–H groups in total. The van der Waals surface area contributed by atoms with Gasteiger partial charge in [0.05, 0.1) is 14.2 Å². The highest BCUT2D eigenvalue weighted by Crippen LogP contribution is 2.37. The van der Waals surface area contributed by atoms with Crippen LogP contribution in [-0.4, -0.2) is 25.3 Å². The van der Waals surface area contributed by atoms with Crippen LogP contribution in [-0.2, 0) is 11.2 Å². The molecule has 1 rings (SSSR count). The lowest BCUT2D eigenvalue weighted by Gasteiger charge is -2.17. The minimum absolute atomic E-state index is 0.165. The number of carbonyl (C=O) groups is 1. The molecule has 0 aliphatic rings. The van der Waals surface area contributed by atoms with E-state index in [9.17, 15) is 4.79 Å². The van der Waals surface area contributed by atoms with E-state index in [0.29, 0.717) is 18.6 Å². The summed E-state index contributed by atoms with van der Waals surface area (Å²) < 4.78 is 10.8. The molecule has 0 aliphatic heterocycles. The Labute approximate surface area is 108 Å². The Morgan fingerprint density at radius 3 is 2.33 bits per heavy atom. The van der Waals surface area contributed by atoms with Crippen LogP contribution in [0.25, 0.3) is 0 Å². The number of aryl methyl sites for hydroxylation is 2. The molecule has 0 aliphatic carbocycles. The van der Waals surface area contributed by atoms with Gasteiger partial charge in [-0.3, -0.25) is 4.79 Å². The Kier molecular flexibility index (Phi) is 5.01. The summed E-state index contributed by atoms with van der Waals surface area (Å²) in [5, 5.41) is 8.66. The van der Waals surface area contributed by atoms with Gasteiger partial charge in [-0.15, -0.1) is 0 Å². The largest absolute Gasteiger partial charge is 0.493 e. The molecule has 0 fully saturated rings. The van der Waals surface area contributed by atoms with Crippen LogP contribution in [0.15, 0.2) is 6.07 Å². The van der Waals surface area contributed by atoms with Gasteiger partial charge >= 0.3 is 5.97 Å². The first kappa shape index (κ1) is 14.4. The van der Waals surface area contributed by atoms with Crippen LogP contribution in [0.5, 0.6) is 11.5 Å². The van der Waals surface area contributed by atoms with Crippen molar-refractivity contribution in [3.63, 3.8) is 0 Å². The Bertz CT molecular complexity index is 438. The number of benzene rings is 1. The molecule has 0 saturated carbocycles. The number of rotatable bonds is 6. The van der Waals surface area contributed by atoms with Crippen LogP contribution >= 0.6 is 0 Å². The quantitative estimate of drug-likeness (QED) is 0.845. The van der Waals surface area contributed by atoms with Crippen molar-refractivity contribution in [3.05, 3.63) is 22.8 Å². The zero-order chi connectivity index (χ0) is 13.7. The normalized spacial score (nSPS) is 10.2. The molecule has 1 aromatic carbocycles. The summed E-state index contributed by atoms with van der Waals surface area (Å²) in [6, 6.07) is 2.04. The maximum absolute atomic E-state index is 10.5. The molecule has 0 aromatic heterocycles. The van der Waals surface area contributed by atoms with Crippen molar-refractivity contribution in [2.45, 2.75) is 33.1 Å². The molecule has 0 saturated heterocycles. The summed E-state index contributed by atoms with van der Waals surface area (Å²) in [6.45, 7) is 4.00. The van der Waals surface area contributed by atoms with Crippen molar-refractivity contribution in [2.24, 2.45) is 0 Å². The van der Waals surface area contributed by atoms with Crippen molar-refractivity contribution in [1.82, 2.24) is 0 Å². The van der Waals surface area contributed by atoms with Crippen LogP contribution < -0.4 is 9.47 Å². The molecule has 18 heavy (non-hydrogen) atoms. The second kappa shape index (κ2) is 6.28. The van der Waals surface area contributed by atoms with Crippen LogP contribution in [0, 0.1) is 13.8 Å². The van der Waals surface area contributed by atoms with Gasteiger partial charge in [0.2, 0.25) is 0 Å². The van der Waals surface area contributed by atoms with Gasteiger partial charge in [-0.05, 0) is 43.4 Å². The highest BCUT2D eigenvalue weighted by atomic mass is 16.5. The third-order valence-corrected chi connectivity index (χ3v) is 3.07. The Hall–Kier alpha value is -1.71. The maximum atomic E-state index is 10.5. The molecule has 100 valence electrons. The van der Waals surface area contributed by atoms with Crippen LogP contribution in [0.2, 0.25) is 0 Å². The summed E-state index contributed by atoms with van der Waals surface area (Å²) in [7, 11) is 3.22. The van der Waals surface area contributed by atoms with Crippen LogP contribution in [0.1, 0.15) is 29.5 Å². The molecule has 0 amide bonds. The van der Waals surface area contributed by atoms with Crippen molar-refractivity contribution >= 4 is 5.97 Å². The summed E-state index contributed by atoms with van der Waals surface area (Å²) in [5.74, 6) is 0.679. The standard InChI is InChI=1S/C14H20O4/c1-9-8-11(6-5-7-12(15)16)14(18-4)13(17-3)10(9)2/h8H,5-7H2,1-4H3,(H,15,16). The highest BCUT2D eigenvalue weighted by Gasteiger charge is 2.15.